The van der Waals surface area contributed by atoms with Crippen molar-refractivity contribution in [2.45, 2.75) is 13.0 Å². The van der Waals surface area contributed by atoms with Gasteiger partial charge < -0.3 is 23.9 Å². The van der Waals surface area contributed by atoms with Gasteiger partial charge in [-0.3, -0.25) is 9.36 Å². The molecular formula is C19H20N2O6. The first kappa shape index (κ1) is 18.4. The number of rotatable bonds is 6. The molecule has 142 valence electrons. The number of ether oxygens (including phenoxy) is 3. The lowest BCUT2D eigenvalue weighted by Gasteiger charge is -2.16. The van der Waals surface area contributed by atoms with Gasteiger partial charge in [-0.1, -0.05) is 12.1 Å². The number of benzene rings is 2. The first-order valence-electron chi connectivity index (χ1n) is 8.21. The second-order valence-electron chi connectivity index (χ2n) is 5.78. The Balaban J connectivity index is 1.93. The fourth-order valence-electron chi connectivity index (χ4n) is 2.87. The van der Waals surface area contributed by atoms with Crippen molar-refractivity contribution in [2.24, 2.45) is 0 Å². The van der Waals surface area contributed by atoms with Crippen LogP contribution in [0.15, 0.2) is 45.6 Å². The average molecular weight is 372 g/mol. The van der Waals surface area contributed by atoms with Gasteiger partial charge in [0, 0.05) is 17.8 Å². The molecule has 3 rings (SSSR count). The number of hydrogen-bond acceptors (Lipinski definition) is 6. The average Bonchev–Trinajstić information content (AvgIpc) is 3.01. The number of amides is 1. The van der Waals surface area contributed by atoms with Crippen LogP contribution in [0.2, 0.25) is 0 Å². The van der Waals surface area contributed by atoms with Gasteiger partial charge in [-0.25, -0.2) is 4.79 Å². The number of fused-ring (bicyclic) bond motifs is 1. The van der Waals surface area contributed by atoms with E-state index in [2.05, 4.69) is 5.32 Å². The maximum atomic E-state index is 12.7. The minimum absolute atomic E-state index is 0.391. The molecule has 0 saturated carbocycles. The molecule has 1 N–H and O–H groups in total. The van der Waals surface area contributed by atoms with E-state index in [-0.39, 0.29) is 0 Å². The Bertz CT molecular complexity index is 1010. The largest absolute Gasteiger partial charge is 0.493 e. The zero-order valence-corrected chi connectivity index (χ0v) is 15.4. The van der Waals surface area contributed by atoms with Crippen LogP contribution >= 0.6 is 0 Å². The number of aromatic nitrogens is 1. The lowest BCUT2D eigenvalue weighted by atomic mass is 10.2. The van der Waals surface area contributed by atoms with Gasteiger partial charge in [-0.2, -0.15) is 0 Å². The summed E-state index contributed by atoms with van der Waals surface area (Å²) in [4.78, 5) is 24.9. The molecule has 0 aliphatic rings. The molecule has 3 aromatic rings. The highest BCUT2D eigenvalue weighted by atomic mass is 16.5. The van der Waals surface area contributed by atoms with Gasteiger partial charge >= 0.3 is 5.76 Å². The minimum atomic E-state index is -0.791. The maximum absolute atomic E-state index is 12.7. The number of hydrogen-bond donors (Lipinski definition) is 1. The molecule has 0 aliphatic heterocycles. The summed E-state index contributed by atoms with van der Waals surface area (Å²) >= 11 is 0. The topological polar surface area (TPSA) is 91.9 Å². The van der Waals surface area contributed by atoms with Crippen molar-refractivity contribution in [2.75, 3.05) is 26.6 Å². The molecule has 8 heteroatoms. The second kappa shape index (κ2) is 7.45. The van der Waals surface area contributed by atoms with Crippen molar-refractivity contribution in [1.29, 1.82) is 0 Å². The Morgan fingerprint density at radius 3 is 2.30 bits per heavy atom. The molecule has 0 saturated heterocycles. The molecule has 0 aliphatic carbocycles. The number of methoxy groups -OCH3 is 3. The quantitative estimate of drug-likeness (QED) is 0.715. The van der Waals surface area contributed by atoms with Crippen LogP contribution in [0.5, 0.6) is 17.2 Å². The van der Waals surface area contributed by atoms with Crippen molar-refractivity contribution >= 4 is 22.7 Å². The molecule has 0 unspecified atom stereocenters. The van der Waals surface area contributed by atoms with Gasteiger partial charge in [-0.15, -0.1) is 0 Å². The minimum Gasteiger partial charge on any atom is -0.493 e. The van der Waals surface area contributed by atoms with E-state index in [1.54, 1.807) is 43.3 Å². The van der Waals surface area contributed by atoms with Crippen LogP contribution in [0.1, 0.15) is 13.0 Å². The molecule has 0 bridgehead atoms. The van der Waals surface area contributed by atoms with Crippen molar-refractivity contribution in [3.05, 3.63) is 46.9 Å². The Morgan fingerprint density at radius 2 is 1.70 bits per heavy atom. The summed E-state index contributed by atoms with van der Waals surface area (Å²) in [5, 5.41) is 2.77. The standard InChI is InChI=1S/C19H20N2O6/c1-11(21-13-7-5-6-8-14(13)27-19(21)23)18(22)20-12-9-15(24-2)17(26-4)16(10-12)25-3/h5-11H,1-4H3,(H,20,22)/t11-/m1/s1. The van der Waals surface area contributed by atoms with E-state index >= 15 is 0 Å². The summed E-state index contributed by atoms with van der Waals surface area (Å²) in [5.41, 5.74) is 1.42. The van der Waals surface area contributed by atoms with Crippen LogP contribution in [-0.2, 0) is 4.79 Å². The second-order valence-corrected chi connectivity index (χ2v) is 5.78. The number of carbonyl (C=O) groups is 1. The number of nitrogens with one attached hydrogen (secondary N) is 1. The van der Waals surface area contributed by atoms with E-state index in [1.807, 2.05) is 0 Å². The molecule has 0 spiro atoms. The van der Waals surface area contributed by atoms with Crippen LogP contribution in [0, 0.1) is 0 Å². The van der Waals surface area contributed by atoms with Crippen LogP contribution < -0.4 is 25.3 Å². The lowest BCUT2D eigenvalue weighted by Crippen LogP contribution is -2.29. The normalized spacial score (nSPS) is 11.9. The van der Waals surface area contributed by atoms with Crippen LogP contribution in [0.4, 0.5) is 5.69 Å². The van der Waals surface area contributed by atoms with Gasteiger partial charge in [0.15, 0.2) is 17.1 Å². The van der Waals surface area contributed by atoms with Crippen molar-refractivity contribution in [3.63, 3.8) is 0 Å². The van der Waals surface area contributed by atoms with Gasteiger partial charge in [0.05, 0.1) is 26.8 Å². The van der Waals surface area contributed by atoms with E-state index in [4.69, 9.17) is 18.6 Å². The third-order valence-electron chi connectivity index (χ3n) is 4.22. The summed E-state index contributed by atoms with van der Waals surface area (Å²) in [6.07, 6.45) is 0. The van der Waals surface area contributed by atoms with E-state index in [0.29, 0.717) is 34.0 Å². The molecule has 0 fully saturated rings. The Kier molecular flexibility index (Phi) is 5.07. The van der Waals surface area contributed by atoms with Gasteiger partial charge in [-0.05, 0) is 19.1 Å². The number of carbonyl (C=O) groups excluding carboxylic acids is 1. The van der Waals surface area contributed by atoms with Crippen LogP contribution in [-0.4, -0.2) is 31.8 Å². The van der Waals surface area contributed by atoms with E-state index in [0.717, 1.165) is 0 Å². The summed E-state index contributed by atoms with van der Waals surface area (Å²) in [5.74, 6) is 0.251. The fraction of sp³-hybridized carbons (Fsp3) is 0.263. The zero-order valence-electron chi connectivity index (χ0n) is 15.4. The Hall–Kier alpha value is -3.42. The fourth-order valence-corrected chi connectivity index (χ4v) is 2.87. The molecular weight excluding hydrogens is 352 g/mol. The smallest absolute Gasteiger partial charge is 0.420 e. The molecule has 1 amide bonds. The van der Waals surface area contributed by atoms with Crippen LogP contribution in [0.3, 0.4) is 0 Å². The SMILES string of the molecule is COc1cc(NC(=O)[C@@H](C)n2c(=O)oc3ccccc32)cc(OC)c1OC. The van der Waals surface area contributed by atoms with Crippen molar-refractivity contribution < 1.29 is 23.4 Å². The summed E-state index contributed by atoms with van der Waals surface area (Å²) in [7, 11) is 4.47. The molecule has 27 heavy (non-hydrogen) atoms. The molecule has 1 atom stereocenters. The highest BCUT2D eigenvalue weighted by Gasteiger charge is 2.22. The third-order valence-corrected chi connectivity index (χ3v) is 4.22. The predicted molar refractivity (Wildman–Crippen MR) is 99.9 cm³/mol. The van der Waals surface area contributed by atoms with E-state index < -0.39 is 17.7 Å². The monoisotopic (exact) mass is 372 g/mol. The molecule has 0 radical (unpaired) electrons. The number of anilines is 1. The third kappa shape index (κ3) is 3.33. The summed E-state index contributed by atoms with van der Waals surface area (Å²) < 4.78 is 22.3. The Labute approximate surface area is 155 Å². The van der Waals surface area contributed by atoms with Gasteiger partial charge in [0.2, 0.25) is 11.7 Å². The number of para-hydroxylation sites is 2. The Morgan fingerprint density at radius 1 is 1.07 bits per heavy atom. The molecule has 1 aromatic heterocycles. The first-order chi connectivity index (χ1) is 13.0. The molecule has 2 aromatic carbocycles. The zero-order chi connectivity index (χ0) is 19.6. The number of nitrogens with zero attached hydrogens (tertiary/aromatic N) is 1. The molecule has 1 heterocycles. The van der Waals surface area contributed by atoms with Crippen molar-refractivity contribution in [1.82, 2.24) is 4.57 Å². The predicted octanol–water partition coefficient (Wildman–Crippen LogP) is 2.82. The maximum Gasteiger partial charge on any atom is 0.420 e. The molecule has 8 nitrogen and oxygen atoms in total. The van der Waals surface area contributed by atoms with Crippen molar-refractivity contribution in [3.8, 4) is 17.2 Å². The van der Waals surface area contributed by atoms with Crippen LogP contribution in [0.25, 0.3) is 11.1 Å². The summed E-state index contributed by atoms with van der Waals surface area (Å²) in [6.45, 7) is 1.62. The number of oxazole rings is 1. The lowest BCUT2D eigenvalue weighted by molar-refractivity contribution is -0.118. The van der Waals surface area contributed by atoms with Gasteiger partial charge in [0.25, 0.3) is 0 Å². The summed E-state index contributed by atoms with van der Waals surface area (Å²) in [6, 6.07) is 9.37. The first-order valence-corrected chi connectivity index (χ1v) is 8.21. The van der Waals surface area contributed by atoms with E-state index in [1.165, 1.54) is 25.9 Å². The highest BCUT2D eigenvalue weighted by Crippen LogP contribution is 2.40. The van der Waals surface area contributed by atoms with E-state index in [9.17, 15) is 9.59 Å². The van der Waals surface area contributed by atoms with Gasteiger partial charge in [0.1, 0.15) is 6.04 Å². The highest BCUT2D eigenvalue weighted by molar-refractivity contribution is 5.95.